The number of amides is 1. The van der Waals surface area contributed by atoms with Crippen LogP contribution in [0.1, 0.15) is 68.8 Å². The van der Waals surface area contributed by atoms with Crippen LogP contribution in [0, 0.1) is 5.92 Å². The molecule has 1 saturated carbocycles. The third-order valence-electron chi connectivity index (χ3n) is 5.32. The van der Waals surface area contributed by atoms with Gasteiger partial charge in [-0.3, -0.25) is 10.1 Å². The zero-order valence-corrected chi connectivity index (χ0v) is 16.6. The highest BCUT2D eigenvalue weighted by Crippen LogP contribution is 2.40. The minimum atomic E-state index is -0.524. The predicted octanol–water partition coefficient (Wildman–Crippen LogP) is 3.41. The maximum atomic E-state index is 12.1. The molecule has 0 spiro atoms. The summed E-state index contributed by atoms with van der Waals surface area (Å²) in [6.07, 6.45) is 3.00. The van der Waals surface area contributed by atoms with E-state index in [1.165, 1.54) is 18.2 Å². The number of alkyl carbamates (subject to hydrolysis) is 1. The minimum Gasteiger partial charge on any atom is -0.469 e. The van der Waals surface area contributed by atoms with E-state index in [-0.39, 0.29) is 18.1 Å². The molecular formula is C21H30N2O4. The molecule has 6 nitrogen and oxygen atoms in total. The number of hydrogen-bond donors (Lipinski definition) is 2. The van der Waals surface area contributed by atoms with Crippen LogP contribution in [-0.4, -0.2) is 31.3 Å². The largest absolute Gasteiger partial charge is 0.469 e. The molecule has 6 heteroatoms. The van der Waals surface area contributed by atoms with Crippen molar-refractivity contribution in [2.45, 2.75) is 64.1 Å². The lowest BCUT2D eigenvalue weighted by molar-refractivity contribution is -0.145. The van der Waals surface area contributed by atoms with Crippen molar-refractivity contribution in [2.24, 2.45) is 5.92 Å². The van der Waals surface area contributed by atoms with Gasteiger partial charge in [0.1, 0.15) is 11.8 Å². The van der Waals surface area contributed by atoms with Gasteiger partial charge in [-0.2, -0.15) is 0 Å². The summed E-state index contributed by atoms with van der Waals surface area (Å²) in [4.78, 5) is 23.9. The summed E-state index contributed by atoms with van der Waals surface area (Å²) in [5.41, 5.74) is 3.08. The van der Waals surface area contributed by atoms with Gasteiger partial charge in [0, 0.05) is 6.54 Å². The summed E-state index contributed by atoms with van der Waals surface area (Å²) in [5.74, 6) is 0.312. The fourth-order valence-corrected chi connectivity index (χ4v) is 4.06. The molecule has 148 valence electrons. The Morgan fingerprint density at radius 2 is 2.00 bits per heavy atom. The number of rotatable bonds is 3. The van der Waals surface area contributed by atoms with Crippen molar-refractivity contribution >= 4 is 12.1 Å². The highest BCUT2D eigenvalue weighted by molar-refractivity contribution is 5.72. The molecule has 1 heterocycles. The summed E-state index contributed by atoms with van der Waals surface area (Å²) < 4.78 is 10.3. The van der Waals surface area contributed by atoms with Crippen molar-refractivity contribution < 1.29 is 19.1 Å². The van der Waals surface area contributed by atoms with E-state index in [0.717, 1.165) is 37.8 Å². The van der Waals surface area contributed by atoms with E-state index in [1.807, 2.05) is 20.8 Å². The van der Waals surface area contributed by atoms with Gasteiger partial charge in [-0.15, -0.1) is 0 Å². The van der Waals surface area contributed by atoms with Crippen LogP contribution in [0.15, 0.2) is 18.2 Å². The zero-order chi connectivity index (χ0) is 19.6. The van der Waals surface area contributed by atoms with Gasteiger partial charge in [-0.05, 0) is 69.1 Å². The highest BCUT2D eigenvalue weighted by Gasteiger charge is 2.32. The normalized spacial score (nSPS) is 24.8. The van der Waals surface area contributed by atoms with Crippen LogP contribution >= 0.6 is 0 Å². The predicted molar refractivity (Wildman–Crippen MR) is 102 cm³/mol. The Hall–Kier alpha value is -2.08. The molecule has 3 atom stereocenters. The topological polar surface area (TPSA) is 76.7 Å². The van der Waals surface area contributed by atoms with Crippen molar-refractivity contribution in [1.82, 2.24) is 10.6 Å². The second kappa shape index (κ2) is 7.89. The maximum absolute atomic E-state index is 12.1. The standard InChI is InChI=1S/C21H30N2O4/c1-21(2,3)27-20(25)23-18-17-8-7-14(11-15(17)9-10-22-18)13-5-6-16(12-13)19(24)26-4/h7-8,11,13,16,18,22H,5-6,9-10,12H2,1-4H3,(H,23,25). The van der Waals surface area contributed by atoms with E-state index in [9.17, 15) is 9.59 Å². The highest BCUT2D eigenvalue weighted by atomic mass is 16.6. The molecule has 1 aliphatic carbocycles. The quantitative estimate of drug-likeness (QED) is 0.793. The van der Waals surface area contributed by atoms with Gasteiger partial charge in [0.25, 0.3) is 0 Å². The molecule has 27 heavy (non-hydrogen) atoms. The fraction of sp³-hybridized carbons (Fsp3) is 0.619. The Morgan fingerprint density at radius 3 is 2.70 bits per heavy atom. The number of carbonyl (C=O) groups excluding carboxylic acids is 2. The Labute approximate surface area is 161 Å². The lowest BCUT2D eigenvalue weighted by Crippen LogP contribution is -2.44. The van der Waals surface area contributed by atoms with Gasteiger partial charge >= 0.3 is 12.1 Å². The van der Waals surface area contributed by atoms with E-state index in [0.29, 0.717) is 5.92 Å². The summed E-state index contributed by atoms with van der Waals surface area (Å²) >= 11 is 0. The second-order valence-electron chi connectivity index (χ2n) is 8.47. The summed E-state index contributed by atoms with van der Waals surface area (Å²) in [6.45, 7) is 6.35. The lowest BCUT2D eigenvalue weighted by Gasteiger charge is -2.30. The Balaban J connectivity index is 1.70. The van der Waals surface area contributed by atoms with Gasteiger partial charge in [-0.1, -0.05) is 18.2 Å². The van der Waals surface area contributed by atoms with Crippen molar-refractivity contribution in [3.05, 3.63) is 34.9 Å². The van der Waals surface area contributed by atoms with Crippen LogP contribution in [0.25, 0.3) is 0 Å². The third kappa shape index (κ3) is 4.80. The molecule has 0 saturated heterocycles. The monoisotopic (exact) mass is 374 g/mol. The number of ether oxygens (including phenoxy) is 2. The number of methoxy groups -OCH3 is 1. The molecule has 3 rings (SSSR count). The second-order valence-corrected chi connectivity index (χ2v) is 8.47. The molecule has 1 aromatic carbocycles. The van der Waals surface area contributed by atoms with E-state index < -0.39 is 11.7 Å². The molecule has 1 aromatic rings. The van der Waals surface area contributed by atoms with Crippen LogP contribution in [0.3, 0.4) is 0 Å². The van der Waals surface area contributed by atoms with Gasteiger partial charge < -0.3 is 14.8 Å². The van der Waals surface area contributed by atoms with Crippen LogP contribution in [-0.2, 0) is 20.7 Å². The molecule has 2 aliphatic rings. The Bertz CT molecular complexity index is 711. The Kier molecular flexibility index (Phi) is 5.75. The summed E-state index contributed by atoms with van der Waals surface area (Å²) in [7, 11) is 1.46. The lowest BCUT2D eigenvalue weighted by atomic mass is 9.90. The molecule has 2 N–H and O–H groups in total. The molecule has 1 aliphatic heterocycles. The molecular weight excluding hydrogens is 344 g/mol. The SMILES string of the molecule is COC(=O)C1CCC(c2ccc3c(c2)CCNC3NC(=O)OC(C)(C)C)C1. The average molecular weight is 374 g/mol. The molecule has 0 radical (unpaired) electrons. The van der Waals surface area contributed by atoms with E-state index in [1.54, 1.807) is 0 Å². The first-order valence-electron chi connectivity index (χ1n) is 9.70. The average Bonchev–Trinajstić information content (AvgIpc) is 3.09. The van der Waals surface area contributed by atoms with Gasteiger partial charge in [0.05, 0.1) is 13.0 Å². The van der Waals surface area contributed by atoms with Crippen LogP contribution in [0.4, 0.5) is 4.79 Å². The molecule has 1 fully saturated rings. The van der Waals surface area contributed by atoms with E-state index in [2.05, 4.69) is 28.8 Å². The number of esters is 1. The minimum absolute atomic E-state index is 0.0132. The van der Waals surface area contributed by atoms with Gasteiger partial charge in [0.2, 0.25) is 0 Å². The van der Waals surface area contributed by atoms with E-state index in [4.69, 9.17) is 9.47 Å². The summed E-state index contributed by atoms with van der Waals surface area (Å²) in [6, 6.07) is 6.45. The maximum Gasteiger partial charge on any atom is 0.409 e. The first kappa shape index (κ1) is 19.7. The van der Waals surface area contributed by atoms with Gasteiger partial charge in [0.15, 0.2) is 0 Å². The van der Waals surface area contributed by atoms with Crippen LogP contribution in [0.5, 0.6) is 0 Å². The fourth-order valence-electron chi connectivity index (χ4n) is 4.06. The van der Waals surface area contributed by atoms with Crippen molar-refractivity contribution in [3.63, 3.8) is 0 Å². The van der Waals surface area contributed by atoms with Crippen molar-refractivity contribution in [1.29, 1.82) is 0 Å². The first-order chi connectivity index (χ1) is 12.8. The number of fused-ring (bicyclic) bond motifs is 1. The summed E-state index contributed by atoms with van der Waals surface area (Å²) in [5, 5.41) is 6.25. The van der Waals surface area contributed by atoms with Crippen molar-refractivity contribution in [2.75, 3.05) is 13.7 Å². The number of hydrogen-bond acceptors (Lipinski definition) is 5. The van der Waals surface area contributed by atoms with Gasteiger partial charge in [-0.25, -0.2) is 4.79 Å². The zero-order valence-electron chi connectivity index (χ0n) is 16.6. The van der Waals surface area contributed by atoms with E-state index >= 15 is 0 Å². The first-order valence-corrected chi connectivity index (χ1v) is 9.70. The number of carbonyl (C=O) groups is 2. The molecule has 3 unspecified atom stereocenters. The van der Waals surface area contributed by atoms with Crippen LogP contribution < -0.4 is 10.6 Å². The third-order valence-corrected chi connectivity index (χ3v) is 5.32. The van der Waals surface area contributed by atoms with Crippen molar-refractivity contribution in [3.8, 4) is 0 Å². The Morgan fingerprint density at radius 1 is 1.22 bits per heavy atom. The number of benzene rings is 1. The van der Waals surface area contributed by atoms with Crippen LogP contribution in [0.2, 0.25) is 0 Å². The number of nitrogens with one attached hydrogen (secondary N) is 2. The molecule has 1 amide bonds. The smallest absolute Gasteiger partial charge is 0.409 e. The molecule has 0 aromatic heterocycles. The molecule has 0 bridgehead atoms.